The minimum absolute atomic E-state index is 0.0818. The largest absolute Gasteiger partial charge is 0.462 e. The van der Waals surface area contributed by atoms with E-state index >= 15 is 0 Å². The average Bonchev–Trinajstić information content (AvgIpc) is 3.00. The van der Waals surface area contributed by atoms with Crippen LogP contribution in [0.25, 0.3) is 0 Å². The first kappa shape index (κ1) is 24.5. The number of hydrogen-bond donors (Lipinski definition) is 0. The number of rotatable bonds is 3. The highest BCUT2D eigenvalue weighted by Crippen LogP contribution is 2.71. The standard InChI is InChI=1S/C26H40O7/c1-14(27)30-17-13-19-25(6)11-8-10-24(4,5)18(25)9-12-26(19,7)21-20(17)22(31-15(2)28)33-23(21)32-16(3)29/h17-23H,8-13H2,1-7H3/t17-,18-,19+,20+,21-,22+,23-,25?,26?/m0/s1. The highest BCUT2D eigenvalue weighted by molar-refractivity contribution is 5.67. The van der Waals surface area contributed by atoms with Crippen LogP contribution in [0.3, 0.4) is 0 Å². The first-order valence-electron chi connectivity index (χ1n) is 12.5. The molecule has 0 spiro atoms. The zero-order chi connectivity index (χ0) is 24.3. The van der Waals surface area contributed by atoms with Crippen LogP contribution in [-0.4, -0.2) is 36.6 Å². The monoisotopic (exact) mass is 464 g/mol. The first-order chi connectivity index (χ1) is 15.3. The second-order valence-corrected chi connectivity index (χ2v) is 12.1. The van der Waals surface area contributed by atoms with Gasteiger partial charge in [-0.05, 0) is 60.2 Å². The summed E-state index contributed by atoms with van der Waals surface area (Å²) in [5.41, 5.74) is 0.136. The molecule has 1 saturated heterocycles. The smallest absolute Gasteiger partial charge is 0.304 e. The zero-order valence-electron chi connectivity index (χ0n) is 21.1. The number of esters is 3. The fraction of sp³-hybridized carbons (Fsp3) is 0.885. The predicted octanol–water partition coefficient (Wildman–Crippen LogP) is 4.61. The van der Waals surface area contributed by atoms with E-state index in [4.69, 9.17) is 18.9 Å². The molecule has 0 aromatic heterocycles. The molecule has 9 atom stereocenters. The van der Waals surface area contributed by atoms with Crippen molar-refractivity contribution in [2.24, 2.45) is 39.9 Å². The minimum Gasteiger partial charge on any atom is -0.462 e. The SMILES string of the molecule is CC(=O)O[C@@H]1O[C@H](OC(C)=O)[C@@H]2[C@H]1[C@@H](OC(C)=O)C[C@H]1C2(C)CC[C@H]2C(C)(C)CCCC12C. The summed E-state index contributed by atoms with van der Waals surface area (Å²) in [7, 11) is 0. The Morgan fingerprint density at radius 1 is 0.758 bits per heavy atom. The summed E-state index contributed by atoms with van der Waals surface area (Å²) < 4.78 is 23.2. The maximum Gasteiger partial charge on any atom is 0.304 e. The second kappa shape index (κ2) is 8.24. The Labute approximate surface area is 197 Å². The van der Waals surface area contributed by atoms with Crippen molar-refractivity contribution in [3.8, 4) is 0 Å². The molecule has 0 aromatic carbocycles. The molecule has 0 radical (unpaired) electrons. The molecule has 1 aliphatic heterocycles. The molecule has 1 heterocycles. The van der Waals surface area contributed by atoms with Crippen LogP contribution in [0.4, 0.5) is 0 Å². The molecule has 0 aromatic rings. The van der Waals surface area contributed by atoms with Gasteiger partial charge in [0.05, 0.1) is 5.92 Å². The summed E-state index contributed by atoms with van der Waals surface area (Å²) in [5, 5.41) is 0. The Hall–Kier alpha value is -1.63. The van der Waals surface area contributed by atoms with Gasteiger partial charge in [0.1, 0.15) is 6.10 Å². The van der Waals surface area contributed by atoms with Gasteiger partial charge in [-0.2, -0.15) is 0 Å². The van der Waals surface area contributed by atoms with Crippen molar-refractivity contribution in [3.63, 3.8) is 0 Å². The van der Waals surface area contributed by atoms with Gasteiger partial charge in [-0.25, -0.2) is 0 Å². The van der Waals surface area contributed by atoms with E-state index in [0.717, 1.165) is 19.3 Å². The van der Waals surface area contributed by atoms with Gasteiger partial charge in [0, 0.05) is 26.7 Å². The molecule has 186 valence electrons. The Morgan fingerprint density at radius 3 is 1.97 bits per heavy atom. The van der Waals surface area contributed by atoms with E-state index in [2.05, 4.69) is 27.7 Å². The van der Waals surface area contributed by atoms with Gasteiger partial charge < -0.3 is 18.9 Å². The maximum absolute atomic E-state index is 12.1. The lowest BCUT2D eigenvalue weighted by Crippen LogP contribution is -2.63. The summed E-state index contributed by atoms with van der Waals surface area (Å²) >= 11 is 0. The molecule has 7 nitrogen and oxygen atoms in total. The van der Waals surface area contributed by atoms with Crippen molar-refractivity contribution in [1.82, 2.24) is 0 Å². The predicted molar refractivity (Wildman–Crippen MR) is 119 cm³/mol. The van der Waals surface area contributed by atoms with E-state index in [1.54, 1.807) is 0 Å². The van der Waals surface area contributed by atoms with Gasteiger partial charge in [0.2, 0.25) is 12.6 Å². The van der Waals surface area contributed by atoms with Crippen molar-refractivity contribution in [3.05, 3.63) is 0 Å². The van der Waals surface area contributed by atoms with Gasteiger partial charge in [0.25, 0.3) is 0 Å². The van der Waals surface area contributed by atoms with Crippen molar-refractivity contribution in [2.45, 2.75) is 106 Å². The van der Waals surface area contributed by atoms with Gasteiger partial charge in [-0.3, -0.25) is 14.4 Å². The van der Waals surface area contributed by atoms with Crippen LogP contribution in [0, 0.1) is 39.9 Å². The number of carbonyl (C=O) groups excluding carboxylic acids is 3. The van der Waals surface area contributed by atoms with E-state index in [1.165, 1.54) is 33.6 Å². The molecule has 3 aliphatic carbocycles. The van der Waals surface area contributed by atoms with Crippen LogP contribution in [-0.2, 0) is 33.3 Å². The van der Waals surface area contributed by atoms with Crippen LogP contribution in [0.5, 0.6) is 0 Å². The highest BCUT2D eigenvalue weighted by Gasteiger charge is 2.70. The van der Waals surface area contributed by atoms with Crippen molar-refractivity contribution >= 4 is 17.9 Å². The highest BCUT2D eigenvalue weighted by atomic mass is 16.8. The van der Waals surface area contributed by atoms with E-state index in [9.17, 15) is 14.4 Å². The van der Waals surface area contributed by atoms with Crippen LogP contribution < -0.4 is 0 Å². The summed E-state index contributed by atoms with van der Waals surface area (Å²) in [6.45, 7) is 13.6. The third kappa shape index (κ3) is 3.98. The fourth-order valence-corrected chi connectivity index (χ4v) is 8.70. The second-order valence-electron chi connectivity index (χ2n) is 12.1. The molecule has 4 aliphatic rings. The Balaban J connectivity index is 1.80. The van der Waals surface area contributed by atoms with E-state index in [1.807, 2.05) is 0 Å². The van der Waals surface area contributed by atoms with E-state index < -0.39 is 30.6 Å². The van der Waals surface area contributed by atoms with Crippen molar-refractivity contribution in [1.29, 1.82) is 0 Å². The number of ether oxygens (including phenoxy) is 4. The fourth-order valence-electron chi connectivity index (χ4n) is 8.70. The Morgan fingerprint density at radius 2 is 1.36 bits per heavy atom. The summed E-state index contributed by atoms with van der Waals surface area (Å²) in [5.74, 6) is -1.02. The molecule has 0 N–H and O–H groups in total. The molecule has 7 heteroatoms. The third-order valence-electron chi connectivity index (χ3n) is 9.67. The lowest BCUT2D eigenvalue weighted by molar-refractivity contribution is -0.228. The van der Waals surface area contributed by atoms with Gasteiger partial charge in [-0.1, -0.05) is 34.1 Å². The van der Waals surface area contributed by atoms with Gasteiger partial charge in [0.15, 0.2) is 0 Å². The average molecular weight is 465 g/mol. The van der Waals surface area contributed by atoms with Crippen LogP contribution in [0.15, 0.2) is 0 Å². The van der Waals surface area contributed by atoms with Crippen LogP contribution in [0.2, 0.25) is 0 Å². The van der Waals surface area contributed by atoms with Crippen molar-refractivity contribution < 1.29 is 33.3 Å². The minimum atomic E-state index is -0.910. The lowest BCUT2D eigenvalue weighted by Gasteiger charge is -2.66. The summed E-state index contributed by atoms with van der Waals surface area (Å²) in [6.07, 6.45) is 4.11. The summed E-state index contributed by atoms with van der Waals surface area (Å²) in [6, 6.07) is 0. The van der Waals surface area contributed by atoms with Crippen molar-refractivity contribution in [2.75, 3.05) is 0 Å². The molecule has 4 fully saturated rings. The first-order valence-corrected chi connectivity index (χ1v) is 12.5. The number of carbonyl (C=O) groups is 3. The maximum atomic E-state index is 12.1. The van der Waals surface area contributed by atoms with Gasteiger partial charge >= 0.3 is 17.9 Å². The zero-order valence-corrected chi connectivity index (χ0v) is 21.1. The molecular weight excluding hydrogens is 424 g/mol. The lowest BCUT2D eigenvalue weighted by atomic mass is 9.38. The quantitative estimate of drug-likeness (QED) is 0.445. The summed E-state index contributed by atoms with van der Waals surface area (Å²) in [4.78, 5) is 36.0. The van der Waals surface area contributed by atoms with Crippen LogP contribution in [0.1, 0.15) is 87.0 Å². The molecule has 0 amide bonds. The normalized spacial score (nSPS) is 45.7. The molecule has 0 bridgehead atoms. The molecule has 4 rings (SSSR count). The number of fused-ring (bicyclic) bond motifs is 5. The van der Waals surface area contributed by atoms with E-state index in [0.29, 0.717) is 12.3 Å². The molecule has 3 saturated carbocycles. The Bertz CT molecular complexity index is 821. The molecule has 33 heavy (non-hydrogen) atoms. The molecule has 2 unspecified atom stereocenters. The van der Waals surface area contributed by atoms with Crippen LogP contribution >= 0.6 is 0 Å². The topological polar surface area (TPSA) is 88.1 Å². The van der Waals surface area contributed by atoms with Gasteiger partial charge in [-0.15, -0.1) is 0 Å². The third-order valence-corrected chi connectivity index (χ3v) is 9.67. The van der Waals surface area contributed by atoms with E-state index in [-0.39, 0.29) is 40.0 Å². The molecular formula is C26H40O7. The Kier molecular flexibility index (Phi) is 6.12. The number of hydrogen-bond acceptors (Lipinski definition) is 7.